The quantitative estimate of drug-likeness (QED) is 0.0944. The molecule has 2 N–H and O–H groups in total. The zero-order chi connectivity index (χ0) is 37.6. The number of benzene rings is 4. The standard InChI is InChI=1S/C44H53FN2O6/c1-5-12-36-38(21-17-34-18-22-39(53-42(34)36)44(49)47-24-10-23-46-43(48)30(3)4)50-25-11-26-51-40-28-41(52-29-31-13-8-7-9-14-31)37(27-32(40)6-2)33-15-19-35(45)20-16-33/h7-9,13-17,19-21,27-28,30,39H,5-6,10-12,18,22-26,29H2,1-4H3,(H,46,48)(H,47,49). The molecule has 1 unspecified atom stereocenters. The van der Waals surface area contributed by atoms with Gasteiger partial charge < -0.3 is 29.6 Å². The van der Waals surface area contributed by atoms with Gasteiger partial charge in [-0.05, 0) is 78.6 Å². The maximum atomic E-state index is 13.8. The molecule has 5 rings (SSSR count). The van der Waals surface area contributed by atoms with Crippen molar-refractivity contribution < 1.29 is 32.9 Å². The minimum atomic E-state index is -0.573. The molecule has 2 amide bonds. The van der Waals surface area contributed by atoms with Gasteiger partial charge in [0.2, 0.25) is 5.91 Å². The highest BCUT2D eigenvalue weighted by Crippen LogP contribution is 2.39. The summed E-state index contributed by atoms with van der Waals surface area (Å²) in [6.07, 6.45) is 4.51. The number of carbonyl (C=O) groups excluding carboxylic acids is 2. The summed E-state index contributed by atoms with van der Waals surface area (Å²) >= 11 is 0. The van der Waals surface area contributed by atoms with E-state index in [0.29, 0.717) is 57.9 Å². The normalized spacial score (nSPS) is 13.5. The number of halogens is 1. The lowest BCUT2D eigenvalue weighted by Crippen LogP contribution is -2.41. The van der Waals surface area contributed by atoms with Crippen molar-refractivity contribution in [2.45, 2.75) is 85.4 Å². The van der Waals surface area contributed by atoms with E-state index in [1.807, 2.05) is 62.4 Å². The molecule has 1 atom stereocenters. The molecule has 4 aromatic carbocycles. The molecule has 8 nitrogen and oxygen atoms in total. The fourth-order valence-corrected chi connectivity index (χ4v) is 6.28. The molecule has 4 aromatic rings. The van der Waals surface area contributed by atoms with Gasteiger partial charge in [0, 0.05) is 42.6 Å². The lowest BCUT2D eigenvalue weighted by Gasteiger charge is -2.28. The number of carbonyl (C=O) groups is 2. The van der Waals surface area contributed by atoms with Crippen LogP contribution in [0.1, 0.15) is 75.6 Å². The third-order valence-electron chi connectivity index (χ3n) is 9.24. The van der Waals surface area contributed by atoms with Crippen LogP contribution in [0, 0.1) is 11.7 Å². The van der Waals surface area contributed by atoms with Crippen LogP contribution < -0.4 is 29.6 Å². The molecule has 0 spiro atoms. The van der Waals surface area contributed by atoms with Crippen LogP contribution in [0.5, 0.6) is 23.0 Å². The second-order valence-corrected chi connectivity index (χ2v) is 13.7. The average Bonchev–Trinajstić information content (AvgIpc) is 3.17. The summed E-state index contributed by atoms with van der Waals surface area (Å²) in [6, 6.07) is 24.5. The second kappa shape index (κ2) is 19.7. The molecule has 53 heavy (non-hydrogen) atoms. The average molecular weight is 725 g/mol. The Bertz CT molecular complexity index is 1790. The van der Waals surface area contributed by atoms with Gasteiger partial charge in [-0.2, -0.15) is 0 Å². The molecule has 0 radical (unpaired) electrons. The van der Waals surface area contributed by atoms with Crippen LogP contribution >= 0.6 is 0 Å². The van der Waals surface area contributed by atoms with Crippen molar-refractivity contribution in [2.24, 2.45) is 5.92 Å². The van der Waals surface area contributed by atoms with Gasteiger partial charge in [-0.25, -0.2) is 4.39 Å². The summed E-state index contributed by atoms with van der Waals surface area (Å²) in [6.45, 7) is 10.2. The summed E-state index contributed by atoms with van der Waals surface area (Å²) in [5.41, 5.74) is 5.92. The number of nitrogens with one attached hydrogen (secondary N) is 2. The minimum Gasteiger partial charge on any atom is -0.493 e. The van der Waals surface area contributed by atoms with Gasteiger partial charge in [-0.3, -0.25) is 9.59 Å². The van der Waals surface area contributed by atoms with E-state index >= 15 is 0 Å². The Balaban J connectivity index is 1.19. The van der Waals surface area contributed by atoms with Crippen LogP contribution in [0.25, 0.3) is 11.1 Å². The van der Waals surface area contributed by atoms with Crippen molar-refractivity contribution >= 4 is 11.8 Å². The molecule has 1 aliphatic heterocycles. The van der Waals surface area contributed by atoms with Crippen LogP contribution in [0.15, 0.2) is 78.9 Å². The van der Waals surface area contributed by atoms with Crippen LogP contribution in [0.2, 0.25) is 0 Å². The number of fused-ring (bicyclic) bond motifs is 1. The molecule has 0 aromatic heterocycles. The molecule has 0 fully saturated rings. The van der Waals surface area contributed by atoms with E-state index in [0.717, 1.165) is 76.3 Å². The maximum Gasteiger partial charge on any atom is 0.261 e. The van der Waals surface area contributed by atoms with Gasteiger partial charge in [0.05, 0.1) is 13.2 Å². The first kappa shape index (κ1) is 39.2. The van der Waals surface area contributed by atoms with E-state index < -0.39 is 6.10 Å². The summed E-state index contributed by atoms with van der Waals surface area (Å²) in [5, 5.41) is 5.85. The van der Waals surface area contributed by atoms with Crippen LogP contribution in [-0.4, -0.2) is 44.2 Å². The molecule has 0 saturated heterocycles. The molecule has 0 saturated carbocycles. The number of amides is 2. The highest BCUT2D eigenvalue weighted by atomic mass is 19.1. The molecule has 1 aliphatic rings. The summed E-state index contributed by atoms with van der Waals surface area (Å²) in [7, 11) is 0. The Morgan fingerprint density at radius 1 is 0.849 bits per heavy atom. The zero-order valence-electron chi connectivity index (χ0n) is 31.5. The molecular weight excluding hydrogens is 671 g/mol. The van der Waals surface area contributed by atoms with Gasteiger partial charge in [0.1, 0.15) is 35.4 Å². The largest absolute Gasteiger partial charge is 0.493 e. The van der Waals surface area contributed by atoms with Gasteiger partial charge >= 0.3 is 0 Å². The minimum absolute atomic E-state index is 0.0105. The number of rotatable bonds is 19. The van der Waals surface area contributed by atoms with Crippen molar-refractivity contribution in [2.75, 3.05) is 26.3 Å². The van der Waals surface area contributed by atoms with Crippen LogP contribution in [-0.2, 0) is 35.5 Å². The predicted molar refractivity (Wildman–Crippen MR) is 206 cm³/mol. The summed E-state index contributed by atoms with van der Waals surface area (Å²) in [4.78, 5) is 24.8. The Hall–Kier alpha value is -5.05. The highest BCUT2D eigenvalue weighted by Gasteiger charge is 2.29. The molecule has 282 valence electrons. The number of hydrogen-bond acceptors (Lipinski definition) is 6. The van der Waals surface area contributed by atoms with E-state index in [-0.39, 0.29) is 23.5 Å². The zero-order valence-corrected chi connectivity index (χ0v) is 31.5. The summed E-state index contributed by atoms with van der Waals surface area (Å²) in [5.74, 6) is 2.47. The lowest BCUT2D eigenvalue weighted by atomic mass is 9.96. The fourth-order valence-electron chi connectivity index (χ4n) is 6.28. The lowest BCUT2D eigenvalue weighted by molar-refractivity contribution is -0.128. The highest BCUT2D eigenvalue weighted by molar-refractivity contribution is 5.81. The van der Waals surface area contributed by atoms with Gasteiger partial charge in [0.25, 0.3) is 5.91 Å². The van der Waals surface area contributed by atoms with E-state index in [1.165, 1.54) is 12.1 Å². The Morgan fingerprint density at radius 2 is 1.58 bits per heavy atom. The van der Waals surface area contributed by atoms with E-state index in [4.69, 9.17) is 18.9 Å². The molecular formula is C44H53FN2O6. The number of aryl methyl sites for hydroxylation is 2. The SMILES string of the molecule is CCCc1c(OCCCOc2cc(OCc3ccccc3)c(-c3ccc(F)cc3)cc2CC)ccc2c1OC(C(=O)NCCCNC(=O)C(C)C)CC2. The Labute approximate surface area is 313 Å². The van der Waals surface area contributed by atoms with Crippen molar-refractivity contribution in [3.63, 3.8) is 0 Å². The molecule has 0 aliphatic carbocycles. The summed E-state index contributed by atoms with van der Waals surface area (Å²) < 4.78 is 39.1. The smallest absolute Gasteiger partial charge is 0.261 e. The van der Waals surface area contributed by atoms with Crippen molar-refractivity contribution in [3.8, 4) is 34.1 Å². The molecule has 1 heterocycles. The first-order chi connectivity index (χ1) is 25.8. The van der Waals surface area contributed by atoms with Crippen molar-refractivity contribution in [3.05, 3.63) is 107 Å². The van der Waals surface area contributed by atoms with Gasteiger partial charge in [-0.15, -0.1) is 0 Å². The van der Waals surface area contributed by atoms with E-state index in [2.05, 4.69) is 30.5 Å². The number of hydrogen-bond donors (Lipinski definition) is 2. The molecule has 0 bridgehead atoms. The Morgan fingerprint density at radius 3 is 2.30 bits per heavy atom. The monoisotopic (exact) mass is 724 g/mol. The van der Waals surface area contributed by atoms with Crippen LogP contribution in [0.4, 0.5) is 4.39 Å². The third kappa shape index (κ3) is 11.0. The van der Waals surface area contributed by atoms with E-state index in [9.17, 15) is 14.0 Å². The number of ether oxygens (including phenoxy) is 4. The predicted octanol–water partition coefficient (Wildman–Crippen LogP) is 8.41. The van der Waals surface area contributed by atoms with Crippen LogP contribution in [0.3, 0.4) is 0 Å². The van der Waals surface area contributed by atoms with Crippen molar-refractivity contribution in [1.82, 2.24) is 10.6 Å². The fraction of sp³-hybridized carbons (Fsp3) is 0.409. The van der Waals surface area contributed by atoms with E-state index in [1.54, 1.807) is 12.1 Å². The third-order valence-corrected chi connectivity index (χ3v) is 9.24. The van der Waals surface area contributed by atoms with Crippen molar-refractivity contribution in [1.29, 1.82) is 0 Å². The van der Waals surface area contributed by atoms with Gasteiger partial charge in [-0.1, -0.05) is 82.6 Å². The second-order valence-electron chi connectivity index (χ2n) is 13.7. The Kier molecular flexibility index (Phi) is 14.6. The first-order valence-corrected chi connectivity index (χ1v) is 19.0. The maximum absolute atomic E-state index is 13.8. The topological polar surface area (TPSA) is 95.1 Å². The first-order valence-electron chi connectivity index (χ1n) is 19.0. The van der Waals surface area contributed by atoms with Gasteiger partial charge in [0.15, 0.2) is 6.10 Å². The molecule has 9 heteroatoms.